The quantitative estimate of drug-likeness (QED) is 0.916. The molecular formula is C12H12ClNO2S2. The number of carbonyl (C=O) groups is 1. The summed E-state index contributed by atoms with van der Waals surface area (Å²) in [6.45, 7) is 0.433. The van der Waals surface area contributed by atoms with Crippen LogP contribution in [0.15, 0.2) is 29.0 Å². The van der Waals surface area contributed by atoms with Crippen LogP contribution >= 0.6 is 34.3 Å². The van der Waals surface area contributed by atoms with Crippen LogP contribution in [0.4, 0.5) is 0 Å². The molecular weight excluding hydrogens is 290 g/mol. The smallest absolute Gasteiger partial charge is 0.252 e. The third-order valence-electron chi connectivity index (χ3n) is 2.43. The second-order valence-electron chi connectivity index (χ2n) is 3.59. The van der Waals surface area contributed by atoms with Crippen LogP contribution in [-0.2, 0) is 4.74 Å². The minimum Gasteiger partial charge on any atom is -0.374 e. The molecule has 1 amide bonds. The summed E-state index contributed by atoms with van der Waals surface area (Å²) in [5.41, 5.74) is 0.680. The van der Waals surface area contributed by atoms with Crippen LogP contribution in [0, 0.1) is 0 Å². The van der Waals surface area contributed by atoms with Gasteiger partial charge in [0.25, 0.3) is 5.91 Å². The topological polar surface area (TPSA) is 38.3 Å². The Morgan fingerprint density at radius 3 is 2.89 bits per heavy atom. The van der Waals surface area contributed by atoms with Gasteiger partial charge in [-0.3, -0.25) is 4.79 Å². The number of carbonyl (C=O) groups excluding carboxylic acids is 1. The third kappa shape index (κ3) is 3.32. The van der Waals surface area contributed by atoms with Crippen LogP contribution < -0.4 is 5.32 Å². The average Bonchev–Trinajstić information content (AvgIpc) is 3.01. The minimum absolute atomic E-state index is 0.0825. The molecule has 0 saturated heterocycles. The summed E-state index contributed by atoms with van der Waals surface area (Å²) >= 11 is 8.84. The average molecular weight is 302 g/mol. The van der Waals surface area contributed by atoms with E-state index in [9.17, 15) is 4.79 Å². The van der Waals surface area contributed by atoms with Crippen molar-refractivity contribution in [1.29, 1.82) is 0 Å². The van der Waals surface area contributed by atoms with E-state index in [2.05, 4.69) is 5.32 Å². The third-order valence-corrected chi connectivity index (χ3v) is 4.43. The first-order valence-electron chi connectivity index (χ1n) is 5.29. The van der Waals surface area contributed by atoms with Gasteiger partial charge < -0.3 is 10.1 Å². The molecule has 0 bridgehead atoms. The molecule has 0 aliphatic heterocycles. The molecule has 2 aromatic heterocycles. The van der Waals surface area contributed by atoms with Crippen LogP contribution in [0.2, 0.25) is 4.34 Å². The number of nitrogens with one attached hydrogen (secondary N) is 1. The fourth-order valence-electron chi connectivity index (χ4n) is 1.48. The number of halogens is 1. The number of ether oxygens (including phenoxy) is 1. The standard InChI is InChI=1S/C12H12ClNO2S2/c1-16-9(10-2-3-11(13)18-10)6-14-12(15)8-4-5-17-7-8/h2-5,7,9H,6H2,1H3,(H,14,15)/t9-/m1/s1. The second-order valence-corrected chi connectivity index (χ2v) is 6.11. The minimum atomic E-state index is -0.162. The van der Waals surface area contributed by atoms with E-state index < -0.39 is 0 Å². The van der Waals surface area contributed by atoms with Gasteiger partial charge in [-0.25, -0.2) is 0 Å². The van der Waals surface area contributed by atoms with Gasteiger partial charge in [0.2, 0.25) is 0 Å². The molecule has 3 nitrogen and oxygen atoms in total. The number of rotatable bonds is 5. The first-order chi connectivity index (χ1) is 8.70. The molecule has 2 aromatic rings. The zero-order valence-electron chi connectivity index (χ0n) is 9.68. The summed E-state index contributed by atoms with van der Waals surface area (Å²) in [6, 6.07) is 5.54. The van der Waals surface area contributed by atoms with Gasteiger partial charge in [-0.1, -0.05) is 11.6 Å². The lowest BCUT2D eigenvalue weighted by Crippen LogP contribution is -2.28. The van der Waals surface area contributed by atoms with Crippen molar-refractivity contribution in [1.82, 2.24) is 5.32 Å². The molecule has 1 atom stereocenters. The van der Waals surface area contributed by atoms with Crippen molar-refractivity contribution in [3.8, 4) is 0 Å². The maximum Gasteiger partial charge on any atom is 0.252 e. The zero-order valence-corrected chi connectivity index (χ0v) is 12.1. The molecule has 2 heterocycles. The van der Waals surface area contributed by atoms with E-state index in [0.717, 1.165) is 9.21 Å². The molecule has 0 aliphatic rings. The second kappa shape index (κ2) is 6.33. The number of methoxy groups -OCH3 is 1. The van der Waals surface area contributed by atoms with Crippen molar-refractivity contribution in [2.45, 2.75) is 6.10 Å². The Hall–Kier alpha value is -0.880. The van der Waals surface area contributed by atoms with Gasteiger partial charge in [0.15, 0.2) is 0 Å². The molecule has 2 rings (SSSR count). The molecule has 0 radical (unpaired) electrons. The Morgan fingerprint density at radius 1 is 1.50 bits per heavy atom. The van der Waals surface area contributed by atoms with Gasteiger partial charge in [0.05, 0.1) is 4.34 Å². The van der Waals surface area contributed by atoms with Gasteiger partial charge in [0.1, 0.15) is 6.10 Å². The fourth-order valence-corrected chi connectivity index (χ4v) is 3.26. The van der Waals surface area contributed by atoms with Crippen LogP contribution in [-0.4, -0.2) is 19.6 Å². The van der Waals surface area contributed by atoms with E-state index >= 15 is 0 Å². The van der Waals surface area contributed by atoms with E-state index in [0.29, 0.717) is 12.1 Å². The molecule has 0 spiro atoms. The lowest BCUT2D eigenvalue weighted by atomic mass is 10.2. The predicted molar refractivity (Wildman–Crippen MR) is 75.7 cm³/mol. The number of amides is 1. The zero-order chi connectivity index (χ0) is 13.0. The van der Waals surface area contributed by atoms with E-state index in [4.69, 9.17) is 16.3 Å². The van der Waals surface area contributed by atoms with Gasteiger partial charge in [-0.05, 0) is 23.6 Å². The van der Waals surface area contributed by atoms with Crippen molar-refractivity contribution >= 4 is 40.2 Å². The van der Waals surface area contributed by atoms with Gasteiger partial charge in [-0.15, -0.1) is 11.3 Å². The maximum absolute atomic E-state index is 11.8. The molecule has 0 aromatic carbocycles. The van der Waals surface area contributed by atoms with Crippen LogP contribution in [0.1, 0.15) is 21.3 Å². The lowest BCUT2D eigenvalue weighted by molar-refractivity contribution is 0.0838. The Labute approximate surface area is 118 Å². The summed E-state index contributed by atoms with van der Waals surface area (Å²) in [5, 5.41) is 6.55. The van der Waals surface area contributed by atoms with E-state index in [1.54, 1.807) is 13.2 Å². The lowest BCUT2D eigenvalue weighted by Gasteiger charge is -2.14. The fraction of sp³-hybridized carbons (Fsp3) is 0.250. The number of thiophene rings is 2. The Balaban J connectivity index is 1.94. The number of hydrogen-bond donors (Lipinski definition) is 1. The SMILES string of the molecule is CO[C@H](CNC(=O)c1ccsc1)c1ccc(Cl)s1. The van der Waals surface area contributed by atoms with Crippen molar-refractivity contribution in [3.05, 3.63) is 43.7 Å². The van der Waals surface area contributed by atoms with Crippen LogP contribution in [0.25, 0.3) is 0 Å². The van der Waals surface area contributed by atoms with E-state index in [-0.39, 0.29) is 12.0 Å². The van der Waals surface area contributed by atoms with Crippen molar-refractivity contribution in [2.75, 3.05) is 13.7 Å². The van der Waals surface area contributed by atoms with Crippen molar-refractivity contribution in [2.24, 2.45) is 0 Å². The van der Waals surface area contributed by atoms with E-state index in [1.165, 1.54) is 22.7 Å². The highest BCUT2D eigenvalue weighted by Crippen LogP contribution is 2.28. The molecule has 96 valence electrons. The Kier molecular flexibility index (Phi) is 4.77. The largest absolute Gasteiger partial charge is 0.374 e. The normalized spacial score (nSPS) is 12.3. The van der Waals surface area contributed by atoms with Crippen LogP contribution in [0.3, 0.4) is 0 Å². The highest BCUT2D eigenvalue weighted by molar-refractivity contribution is 7.16. The van der Waals surface area contributed by atoms with Gasteiger partial charge in [-0.2, -0.15) is 11.3 Å². The molecule has 0 aliphatic carbocycles. The monoisotopic (exact) mass is 301 g/mol. The van der Waals surface area contributed by atoms with Gasteiger partial charge in [0, 0.05) is 29.5 Å². The molecule has 0 fully saturated rings. The van der Waals surface area contributed by atoms with Gasteiger partial charge >= 0.3 is 0 Å². The summed E-state index contributed by atoms with van der Waals surface area (Å²) in [5.74, 6) is -0.0825. The molecule has 0 unspecified atom stereocenters. The van der Waals surface area contributed by atoms with Crippen molar-refractivity contribution in [3.63, 3.8) is 0 Å². The van der Waals surface area contributed by atoms with Crippen molar-refractivity contribution < 1.29 is 9.53 Å². The summed E-state index contributed by atoms with van der Waals surface area (Å²) in [4.78, 5) is 12.8. The molecule has 0 saturated carbocycles. The predicted octanol–water partition coefficient (Wildman–Crippen LogP) is 3.58. The summed E-state index contributed by atoms with van der Waals surface area (Å²) in [7, 11) is 1.62. The number of hydrogen-bond acceptors (Lipinski definition) is 4. The van der Waals surface area contributed by atoms with Crippen LogP contribution in [0.5, 0.6) is 0 Å². The Morgan fingerprint density at radius 2 is 2.33 bits per heavy atom. The summed E-state index contributed by atoms with van der Waals surface area (Å²) in [6.07, 6.45) is -0.162. The highest BCUT2D eigenvalue weighted by Gasteiger charge is 2.15. The Bertz CT molecular complexity index is 510. The first kappa shape index (κ1) is 13.5. The first-order valence-corrected chi connectivity index (χ1v) is 7.43. The molecule has 1 N–H and O–H groups in total. The highest BCUT2D eigenvalue weighted by atomic mass is 35.5. The van der Waals surface area contributed by atoms with E-state index in [1.807, 2.05) is 22.9 Å². The maximum atomic E-state index is 11.8. The molecule has 6 heteroatoms. The summed E-state index contributed by atoms with van der Waals surface area (Å²) < 4.78 is 6.08. The molecule has 18 heavy (non-hydrogen) atoms.